The number of hydrogen-bond acceptors (Lipinski definition) is 3. The van der Waals surface area contributed by atoms with Crippen LogP contribution in [0.25, 0.3) is 11.1 Å². The molecule has 0 aliphatic rings. The number of ether oxygens (including phenoxy) is 1. The molecule has 0 atom stereocenters. The molecule has 1 aromatic carbocycles. The summed E-state index contributed by atoms with van der Waals surface area (Å²) in [6, 6.07) is 6.16. The van der Waals surface area contributed by atoms with Crippen LogP contribution in [0.2, 0.25) is 0 Å². The van der Waals surface area contributed by atoms with Gasteiger partial charge in [0, 0.05) is 24.8 Å². The second-order valence-electron chi connectivity index (χ2n) is 4.55. The van der Waals surface area contributed by atoms with Crippen LogP contribution in [0.5, 0.6) is 5.75 Å². The predicted octanol–water partition coefficient (Wildman–Crippen LogP) is 2.69. The van der Waals surface area contributed by atoms with Gasteiger partial charge in [0.1, 0.15) is 5.75 Å². The zero-order valence-corrected chi connectivity index (χ0v) is 11.8. The molecule has 0 bridgehead atoms. The molecule has 4 heteroatoms. The standard InChI is InChI=1S/C15H21N3O/c1-4-7-18-11-13(10-17-18)15-6-5-14(19-3)8-12(15)9-16-2/h5-6,8,10-11,16H,4,7,9H2,1-3H3. The van der Waals surface area contributed by atoms with Crippen LogP contribution in [0, 0.1) is 0 Å². The highest BCUT2D eigenvalue weighted by atomic mass is 16.5. The summed E-state index contributed by atoms with van der Waals surface area (Å²) in [5.41, 5.74) is 3.58. The molecule has 0 aliphatic carbocycles. The van der Waals surface area contributed by atoms with Gasteiger partial charge < -0.3 is 10.1 Å². The fourth-order valence-electron chi connectivity index (χ4n) is 2.17. The molecule has 102 valence electrons. The maximum atomic E-state index is 5.29. The average molecular weight is 259 g/mol. The topological polar surface area (TPSA) is 39.1 Å². The van der Waals surface area contributed by atoms with E-state index in [-0.39, 0.29) is 0 Å². The third-order valence-electron chi connectivity index (χ3n) is 3.08. The van der Waals surface area contributed by atoms with Gasteiger partial charge in [-0.1, -0.05) is 13.0 Å². The van der Waals surface area contributed by atoms with Crippen molar-refractivity contribution in [2.45, 2.75) is 26.4 Å². The van der Waals surface area contributed by atoms with Crippen molar-refractivity contribution >= 4 is 0 Å². The summed E-state index contributed by atoms with van der Waals surface area (Å²) in [4.78, 5) is 0. The first-order chi connectivity index (χ1) is 9.28. The predicted molar refractivity (Wildman–Crippen MR) is 77.3 cm³/mol. The molecule has 1 N–H and O–H groups in total. The molecule has 2 rings (SSSR count). The molecule has 19 heavy (non-hydrogen) atoms. The molecule has 0 saturated heterocycles. The summed E-state index contributed by atoms with van der Waals surface area (Å²) in [6.07, 6.45) is 5.12. The zero-order chi connectivity index (χ0) is 13.7. The maximum absolute atomic E-state index is 5.29. The van der Waals surface area contributed by atoms with E-state index in [4.69, 9.17) is 4.74 Å². The molecular weight excluding hydrogens is 238 g/mol. The van der Waals surface area contributed by atoms with Gasteiger partial charge in [-0.2, -0.15) is 5.10 Å². The van der Waals surface area contributed by atoms with Crippen molar-refractivity contribution in [2.75, 3.05) is 14.2 Å². The lowest BCUT2D eigenvalue weighted by Crippen LogP contribution is -2.06. The van der Waals surface area contributed by atoms with E-state index in [2.05, 4.69) is 35.7 Å². The van der Waals surface area contributed by atoms with E-state index >= 15 is 0 Å². The molecule has 0 unspecified atom stereocenters. The molecular formula is C15H21N3O. The Morgan fingerprint density at radius 2 is 2.21 bits per heavy atom. The molecule has 0 saturated carbocycles. The monoisotopic (exact) mass is 259 g/mol. The Morgan fingerprint density at radius 1 is 1.37 bits per heavy atom. The lowest BCUT2D eigenvalue weighted by molar-refractivity contribution is 0.414. The number of benzene rings is 1. The molecule has 0 amide bonds. The van der Waals surface area contributed by atoms with Crippen molar-refractivity contribution < 1.29 is 4.74 Å². The minimum Gasteiger partial charge on any atom is -0.497 e. The summed E-state index contributed by atoms with van der Waals surface area (Å²) < 4.78 is 7.28. The van der Waals surface area contributed by atoms with Crippen LogP contribution in [-0.2, 0) is 13.1 Å². The molecule has 2 aromatic rings. The van der Waals surface area contributed by atoms with Crippen LogP contribution in [0.1, 0.15) is 18.9 Å². The summed E-state index contributed by atoms with van der Waals surface area (Å²) in [5.74, 6) is 0.884. The quantitative estimate of drug-likeness (QED) is 0.867. The first kappa shape index (κ1) is 13.6. The first-order valence-electron chi connectivity index (χ1n) is 6.62. The van der Waals surface area contributed by atoms with Crippen LogP contribution >= 0.6 is 0 Å². The second kappa shape index (κ2) is 6.38. The summed E-state index contributed by atoms with van der Waals surface area (Å²) in [7, 11) is 3.64. The molecule has 1 aromatic heterocycles. The van der Waals surface area contributed by atoms with Crippen LogP contribution < -0.4 is 10.1 Å². The number of aromatic nitrogens is 2. The van der Waals surface area contributed by atoms with E-state index in [0.29, 0.717) is 0 Å². The van der Waals surface area contributed by atoms with Gasteiger partial charge in [0.25, 0.3) is 0 Å². The Balaban J connectivity index is 2.35. The second-order valence-corrected chi connectivity index (χ2v) is 4.55. The maximum Gasteiger partial charge on any atom is 0.119 e. The van der Waals surface area contributed by atoms with E-state index in [1.807, 2.05) is 24.0 Å². The highest BCUT2D eigenvalue weighted by Crippen LogP contribution is 2.27. The van der Waals surface area contributed by atoms with Crippen molar-refractivity contribution in [1.29, 1.82) is 0 Å². The van der Waals surface area contributed by atoms with Crippen LogP contribution in [-0.4, -0.2) is 23.9 Å². The smallest absolute Gasteiger partial charge is 0.119 e. The Labute approximate surface area is 114 Å². The number of nitrogens with zero attached hydrogens (tertiary/aromatic N) is 2. The molecule has 0 aliphatic heterocycles. The van der Waals surface area contributed by atoms with Crippen LogP contribution in [0.3, 0.4) is 0 Å². The van der Waals surface area contributed by atoms with Gasteiger partial charge in [0.15, 0.2) is 0 Å². The highest BCUT2D eigenvalue weighted by Gasteiger charge is 2.08. The SMILES string of the molecule is CCCn1cc(-c2ccc(OC)cc2CNC)cn1. The first-order valence-corrected chi connectivity index (χ1v) is 6.62. The molecule has 4 nitrogen and oxygen atoms in total. The Bertz CT molecular complexity index is 534. The van der Waals surface area contributed by atoms with Crippen LogP contribution in [0.4, 0.5) is 0 Å². The summed E-state index contributed by atoms with van der Waals surface area (Å²) >= 11 is 0. The summed E-state index contributed by atoms with van der Waals surface area (Å²) in [6.45, 7) is 3.92. The van der Waals surface area contributed by atoms with E-state index in [1.165, 1.54) is 11.1 Å². The largest absolute Gasteiger partial charge is 0.497 e. The normalized spacial score (nSPS) is 10.7. The van der Waals surface area contributed by atoms with Crippen molar-refractivity contribution in [3.63, 3.8) is 0 Å². The fourth-order valence-corrected chi connectivity index (χ4v) is 2.17. The highest BCUT2D eigenvalue weighted by molar-refractivity contribution is 5.67. The van der Waals surface area contributed by atoms with E-state index in [1.54, 1.807) is 7.11 Å². The van der Waals surface area contributed by atoms with Gasteiger partial charge in [0.05, 0.1) is 13.3 Å². The third-order valence-corrected chi connectivity index (χ3v) is 3.08. The molecule has 0 spiro atoms. The number of nitrogens with one attached hydrogen (secondary N) is 1. The molecule has 1 heterocycles. The van der Waals surface area contributed by atoms with Gasteiger partial charge in [-0.05, 0) is 36.7 Å². The Kier molecular flexibility index (Phi) is 4.58. The lowest BCUT2D eigenvalue weighted by Gasteiger charge is -2.10. The number of hydrogen-bond donors (Lipinski definition) is 1. The van der Waals surface area contributed by atoms with Gasteiger partial charge in [-0.15, -0.1) is 0 Å². The molecule has 0 fully saturated rings. The number of methoxy groups -OCH3 is 1. The van der Waals surface area contributed by atoms with Gasteiger partial charge >= 0.3 is 0 Å². The molecule has 0 radical (unpaired) electrons. The van der Waals surface area contributed by atoms with Crippen molar-refractivity contribution in [3.05, 3.63) is 36.2 Å². The van der Waals surface area contributed by atoms with E-state index in [9.17, 15) is 0 Å². The van der Waals surface area contributed by atoms with Crippen molar-refractivity contribution in [2.24, 2.45) is 0 Å². The van der Waals surface area contributed by atoms with Gasteiger partial charge in [0.2, 0.25) is 0 Å². The van der Waals surface area contributed by atoms with Crippen LogP contribution in [0.15, 0.2) is 30.6 Å². The van der Waals surface area contributed by atoms with Gasteiger partial charge in [-0.3, -0.25) is 4.68 Å². The van der Waals surface area contributed by atoms with Gasteiger partial charge in [-0.25, -0.2) is 0 Å². The Morgan fingerprint density at radius 3 is 2.89 bits per heavy atom. The third kappa shape index (κ3) is 3.15. The van der Waals surface area contributed by atoms with E-state index < -0.39 is 0 Å². The summed E-state index contributed by atoms with van der Waals surface area (Å²) in [5, 5.41) is 7.59. The number of aryl methyl sites for hydroxylation is 1. The zero-order valence-electron chi connectivity index (χ0n) is 11.8. The fraction of sp³-hybridized carbons (Fsp3) is 0.400. The van der Waals surface area contributed by atoms with E-state index in [0.717, 1.165) is 30.8 Å². The van der Waals surface area contributed by atoms with Crippen molar-refractivity contribution in [3.8, 4) is 16.9 Å². The van der Waals surface area contributed by atoms with Crippen molar-refractivity contribution in [1.82, 2.24) is 15.1 Å². The number of rotatable bonds is 6. The minimum absolute atomic E-state index is 0.811. The minimum atomic E-state index is 0.811. The average Bonchev–Trinajstić information content (AvgIpc) is 2.88. The lowest BCUT2D eigenvalue weighted by atomic mass is 10.0. The Hall–Kier alpha value is -1.81.